The number of hydrogen-bond acceptors (Lipinski definition) is 4. The van der Waals surface area contributed by atoms with E-state index in [9.17, 15) is 14.5 Å². The van der Waals surface area contributed by atoms with Crippen LogP contribution in [0, 0.1) is 15.9 Å². The Morgan fingerprint density at radius 2 is 2.24 bits per heavy atom. The lowest BCUT2D eigenvalue weighted by Gasteiger charge is -2.35. The predicted octanol–water partition coefficient (Wildman–Crippen LogP) is 2.32. The fourth-order valence-electron chi connectivity index (χ4n) is 1.87. The van der Waals surface area contributed by atoms with Crippen molar-refractivity contribution in [1.82, 2.24) is 0 Å². The normalized spacial score (nSPS) is 22.9. The Labute approximate surface area is 97.7 Å². The number of halogens is 1. The van der Waals surface area contributed by atoms with Gasteiger partial charge in [-0.3, -0.25) is 10.1 Å². The van der Waals surface area contributed by atoms with E-state index in [0.717, 1.165) is 18.9 Å². The van der Waals surface area contributed by atoms with Crippen LogP contribution in [0.2, 0.25) is 0 Å². The molecule has 0 bridgehead atoms. The van der Waals surface area contributed by atoms with Gasteiger partial charge in [-0.05, 0) is 25.0 Å². The van der Waals surface area contributed by atoms with Gasteiger partial charge >= 0.3 is 0 Å². The Morgan fingerprint density at radius 1 is 1.53 bits per heavy atom. The van der Waals surface area contributed by atoms with Crippen LogP contribution in [0.3, 0.4) is 0 Å². The van der Waals surface area contributed by atoms with E-state index >= 15 is 0 Å². The number of ether oxygens (including phenoxy) is 1. The van der Waals surface area contributed by atoms with E-state index in [-0.39, 0.29) is 17.8 Å². The van der Waals surface area contributed by atoms with Gasteiger partial charge in [-0.15, -0.1) is 0 Å². The Kier molecular flexibility index (Phi) is 3.23. The average molecular weight is 240 g/mol. The van der Waals surface area contributed by atoms with Crippen LogP contribution in [0.25, 0.3) is 0 Å². The highest BCUT2D eigenvalue weighted by Gasteiger charge is 2.30. The summed E-state index contributed by atoms with van der Waals surface area (Å²) in [5, 5.41) is 13.8. The van der Waals surface area contributed by atoms with Gasteiger partial charge in [0.1, 0.15) is 11.5 Å². The van der Waals surface area contributed by atoms with Crippen LogP contribution in [0.4, 0.5) is 15.8 Å². The molecule has 1 saturated carbocycles. The summed E-state index contributed by atoms with van der Waals surface area (Å²) in [5.74, 6) is -0.606. The van der Waals surface area contributed by atoms with Gasteiger partial charge in [0, 0.05) is 13.2 Å². The number of methoxy groups -OCH3 is 1. The van der Waals surface area contributed by atoms with Crippen molar-refractivity contribution in [2.75, 3.05) is 12.4 Å². The Morgan fingerprint density at radius 3 is 2.82 bits per heavy atom. The smallest absolute Gasteiger partial charge is 0.295 e. The third-order valence-corrected chi connectivity index (χ3v) is 2.94. The summed E-state index contributed by atoms with van der Waals surface area (Å²) in [6.45, 7) is 0. The van der Waals surface area contributed by atoms with Crippen molar-refractivity contribution < 1.29 is 14.1 Å². The minimum absolute atomic E-state index is 0.157. The van der Waals surface area contributed by atoms with Crippen LogP contribution >= 0.6 is 0 Å². The zero-order valence-electron chi connectivity index (χ0n) is 9.35. The van der Waals surface area contributed by atoms with E-state index in [1.54, 1.807) is 7.11 Å². The molecular weight excluding hydrogens is 227 g/mol. The molecule has 0 amide bonds. The van der Waals surface area contributed by atoms with Crippen molar-refractivity contribution in [1.29, 1.82) is 0 Å². The maximum atomic E-state index is 12.9. The van der Waals surface area contributed by atoms with Gasteiger partial charge in [0.15, 0.2) is 0 Å². The van der Waals surface area contributed by atoms with Crippen LogP contribution < -0.4 is 5.32 Å². The SMILES string of the molecule is COC1CC(Nc2ccc(F)cc2[N+](=O)[O-])C1. The molecule has 0 heterocycles. The zero-order chi connectivity index (χ0) is 12.4. The molecule has 92 valence electrons. The van der Waals surface area contributed by atoms with Gasteiger partial charge in [-0.1, -0.05) is 0 Å². The first-order valence-electron chi connectivity index (χ1n) is 5.33. The summed E-state index contributed by atoms with van der Waals surface area (Å²) in [5.41, 5.74) is 0.127. The Hall–Kier alpha value is -1.69. The second kappa shape index (κ2) is 4.67. The van der Waals surface area contributed by atoms with Crippen molar-refractivity contribution >= 4 is 11.4 Å². The highest BCUT2D eigenvalue weighted by molar-refractivity contribution is 5.62. The molecule has 6 heteroatoms. The summed E-state index contributed by atoms with van der Waals surface area (Å²) in [7, 11) is 1.64. The van der Waals surface area contributed by atoms with Gasteiger partial charge < -0.3 is 10.1 Å². The Bertz CT molecular complexity index is 433. The predicted molar refractivity (Wildman–Crippen MR) is 60.5 cm³/mol. The molecule has 17 heavy (non-hydrogen) atoms. The molecule has 0 aromatic heterocycles. The quantitative estimate of drug-likeness (QED) is 0.648. The lowest BCUT2D eigenvalue weighted by Crippen LogP contribution is -2.40. The lowest BCUT2D eigenvalue weighted by atomic mass is 9.89. The van der Waals surface area contributed by atoms with Crippen LogP contribution in [0.15, 0.2) is 18.2 Å². The van der Waals surface area contributed by atoms with Crippen molar-refractivity contribution in [2.24, 2.45) is 0 Å². The lowest BCUT2D eigenvalue weighted by molar-refractivity contribution is -0.384. The molecule has 0 atom stereocenters. The van der Waals surface area contributed by atoms with E-state index in [4.69, 9.17) is 4.74 Å². The van der Waals surface area contributed by atoms with Gasteiger partial charge in [-0.2, -0.15) is 0 Å². The van der Waals surface area contributed by atoms with Crippen LogP contribution in [0.5, 0.6) is 0 Å². The van der Waals surface area contributed by atoms with Crippen LogP contribution in [0.1, 0.15) is 12.8 Å². The van der Waals surface area contributed by atoms with Crippen LogP contribution in [-0.2, 0) is 4.74 Å². The molecule has 1 N–H and O–H groups in total. The van der Waals surface area contributed by atoms with Gasteiger partial charge in [0.2, 0.25) is 0 Å². The number of nitrogens with one attached hydrogen (secondary N) is 1. The minimum Gasteiger partial charge on any atom is -0.381 e. The van der Waals surface area contributed by atoms with E-state index in [0.29, 0.717) is 5.69 Å². The molecule has 0 spiro atoms. The number of rotatable bonds is 4. The maximum absolute atomic E-state index is 12.9. The first-order valence-corrected chi connectivity index (χ1v) is 5.33. The molecule has 1 aromatic carbocycles. The minimum atomic E-state index is -0.606. The van der Waals surface area contributed by atoms with E-state index in [1.165, 1.54) is 12.1 Å². The number of benzene rings is 1. The maximum Gasteiger partial charge on any atom is 0.295 e. The third-order valence-electron chi connectivity index (χ3n) is 2.94. The molecule has 1 aliphatic carbocycles. The number of anilines is 1. The number of nitro groups is 1. The second-order valence-electron chi connectivity index (χ2n) is 4.09. The molecule has 0 aliphatic heterocycles. The van der Waals surface area contributed by atoms with Gasteiger partial charge in [-0.25, -0.2) is 4.39 Å². The topological polar surface area (TPSA) is 64.4 Å². The molecule has 0 saturated heterocycles. The van der Waals surface area contributed by atoms with E-state index < -0.39 is 10.7 Å². The van der Waals surface area contributed by atoms with Crippen molar-refractivity contribution in [3.8, 4) is 0 Å². The third kappa shape index (κ3) is 2.52. The monoisotopic (exact) mass is 240 g/mol. The number of hydrogen-bond donors (Lipinski definition) is 1. The van der Waals surface area contributed by atoms with Crippen molar-refractivity contribution in [2.45, 2.75) is 25.0 Å². The zero-order valence-corrected chi connectivity index (χ0v) is 9.35. The molecule has 2 rings (SSSR count). The summed E-state index contributed by atoms with van der Waals surface area (Å²) < 4.78 is 18.0. The second-order valence-corrected chi connectivity index (χ2v) is 4.09. The highest BCUT2D eigenvalue weighted by atomic mass is 19.1. The summed E-state index contributed by atoms with van der Waals surface area (Å²) in [4.78, 5) is 10.2. The summed E-state index contributed by atoms with van der Waals surface area (Å²) >= 11 is 0. The first kappa shape index (κ1) is 11.8. The van der Waals surface area contributed by atoms with E-state index in [1.807, 2.05) is 0 Å². The standard InChI is InChI=1S/C11H13FN2O3/c1-17-9-5-8(6-9)13-10-3-2-7(12)4-11(10)14(15)16/h2-4,8-9,13H,5-6H2,1H3. The Balaban J connectivity index is 2.08. The first-order chi connectivity index (χ1) is 8.10. The average Bonchev–Trinajstić information content (AvgIpc) is 2.24. The van der Waals surface area contributed by atoms with Gasteiger partial charge in [0.05, 0.1) is 17.1 Å². The molecule has 1 aliphatic rings. The molecule has 0 unspecified atom stereocenters. The number of nitrogens with zero attached hydrogens (tertiary/aromatic N) is 1. The summed E-state index contributed by atoms with van der Waals surface area (Å²) in [6.07, 6.45) is 1.84. The van der Waals surface area contributed by atoms with Gasteiger partial charge in [0.25, 0.3) is 5.69 Å². The summed E-state index contributed by atoms with van der Waals surface area (Å²) in [6, 6.07) is 3.69. The largest absolute Gasteiger partial charge is 0.381 e. The highest BCUT2D eigenvalue weighted by Crippen LogP contribution is 2.31. The van der Waals surface area contributed by atoms with Crippen molar-refractivity contribution in [3.63, 3.8) is 0 Å². The molecule has 1 aromatic rings. The van der Waals surface area contributed by atoms with E-state index in [2.05, 4.69) is 5.32 Å². The molecule has 1 fully saturated rings. The molecular formula is C11H13FN2O3. The molecule has 0 radical (unpaired) electrons. The molecule has 5 nitrogen and oxygen atoms in total. The van der Waals surface area contributed by atoms with Crippen molar-refractivity contribution in [3.05, 3.63) is 34.1 Å². The van der Waals surface area contributed by atoms with Crippen LogP contribution in [-0.4, -0.2) is 24.2 Å². The fourth-order valence-corrected chi connectivity index (χ4v) is 1.87. The number of nitro benzene ring substituents is 1. The fraction of sp³-hybridized carbons (Fsp3) is 0.455.